The smallest absolute Gasteiger partial charge is 0.196 e. The van der Waals surface area contributed by atoms with Gasteiger partial charge in [0.15, 0.2) is 17.5 Å². The van der Waals surface area contributed by atoms with Crippen LogP contribution in [0.5, 0.6) is 0 Å². The van der Waals surface area contributed by atoms with Gasteiger partial charge in [-0.25, -0.2) is 13.2 Å². The molecule has 0 unspecified atom stereocenters. The zero-order valence-corrected chi connectivity index (χ0v) is 9.85. The lowest BCUT2D eigenvalue weighted by molar-refractivity contribution is 0.414. The monoisotopic (exact) mass is 243 g/mol. The highest BCUT2D eigenvalue weighted by Gasteiger charge is 2.23. The van der Waals surface area contributed by atoms with E-state index >= 15 is 0 Å². The Morgan fingerprint density at radius 1 is 1.00 bits per heavy atom. The van der Waals surface area contributed by atoms with Crippen LogP contribution in [0.4, 0.5) is 18.9 Å². The highest BCUT2D eigenvalue weighted by Crippen LogP contribution is 2.29. The third kappa shape index (κ3) is 2.40. The normalized spacial score (nSPS) is 17.2. The van der Waals surface area contributed by atoms with E-state index in [1.54, 1.807) is 11.9 Å². The number of rotatable bonds is 2. The van der Waals surface area contributed by atoms with E-state index in [0.717, 1.165) is 31.7 Å². The van der Waals surface area contributed by atoms with E-state index in [4.69, 9.17) is 0 Å². The fourth-order valence-corrected chi connectivity index (χ4v) is 2.45. The van der Waals surface area contributed by atoms with Crippen LogP contribution >= 0.6 is 0 Å². The zero-order chi connectivity index (χ0) is 12.4. The number of hydrogen-bond donors (Lipinski definition) is 0. The molecule has 2 rings (SSSR count). The molecular weight excluding hydrogens is 227 g/mol. The minimum Gasteiger partial charge on any atom is -0.369 e. The van der Waals surface area contributed by atoms with Gasteiger partial charge < -0.3 is 4.90 Å². The molecule has 0 heterocycles. The van der Waals surface area contributed by atoms with Crippen LogP contribution in [0.15, 0.2) is 12.1 Å². The van der Waals surface area contributed by atoms with Crippen LogP contribution in [0.25, 0.3) is 0 Å². The first kappa shape index (κ1) is 12.3. The molecule has 0 radical (unpaired) electrons. The third-order valence-electron chi connectivity index (χ3n) is 3.52. The lowest BCUT2D eigenvalue weighted by Crippen LogP contribution is -2.34. The van der Waals surface area contributed by atoms with Crippen molar-refractivity contribution >= 4 is 5.69 Å². The minimum atomic E-state index is -1.38. The summed E-state index contributed by atoms with van der Waals surface area (Å²) in [5.41, 5.74) is 0.149. The molecule has 0 spiro atoms. The van der Waals surface area contributed by atoms with E-state index in [1.165, 1.54) is 12.5 Å². The molecule has 94 valence electrons. The number of halogens is 3. The highest BCUT2D eigenvalue weighted by atomic mass is 19.2. The second-order valence-corrected chi connectivity index (χ2v) is 4.60. The summed E-state index contributed by atoms with van der Waals surface area (Å²) >= 11 is 0. The molecule has 1 fully saturated rings. The molecule has 0 saturated heterocycles. The maximum Gasteiger partial charge on any atom is 0.196 e. The minimum absolute atomic E-state index is 0.149. The summed E-state index contributed by atoms with van der Waals surface area (Å²) in [6.07, 6.45) is 5.38. The van der Waals surface area contributed by atoms with E-state index in [9.17, 15) is 13.2 Å². The van der Waals surface area contributed by atoms with Crippen molar-refractivity contribution < 1.29 is 13.2 Å². The maximum atomic E-state index is 13.6. The first-order chi connectivity index (χ1) is 8.11. The molecule has 1 aliphatic carbocycles. The molecule has 0 aliphatic heterocycles. The van der Waals surface area contributed by atoms with Crippen LogP contribution in [0, 0.1) is 17.5 Å². The maximum absolute atomic E-state index is 13.6. The summed E-state index contributed by atoms with van der Waals surface area (Å²) < 4.78 is 39.6. The summed E-state index contributed by atoms with van der Waals surface area (Å²) in [7, 11) is 1.74. The van der Waals surface area contributed by atoms with Gasteiger partial charge >= 0.3 is 0 Å². The van der Waals surface area contributed by atoms with Gasteiger partial charge in [-0.2, -0.15) is 0 Å². The molecule has 0 bridgehead atoms. The van der Waals surface area contributed by atoms with Gasteiger partial charge in [0.25, 0.3) is 0 Å². The molecule has 1 nitrogen and oxygen atoms in total. The molecule has 17 heavy (non-hydrogen) atoms. The molecule has 0 atom stereocenters. The van der Waals surface area contributed by atoms with E-state index in [-0.39, 0.29) is 11.7 Å². The lowest BCUT2D eigenvalue weighted by Gasteiger charge is -2.33. The average Bonchev–Trinajstić information content (AvgIpc) is 2.36. The van der Waals surface area contributed by atoms with Crippen LogP contribution in [-0.2, 0) is 0 Å². The topological polar surface area (TPSA) is 3.24 Å². The fourth-order valence-electron chi connectivity index (χ4n) is 2.45. The number of benzene rings is 1. The third-order valence-corrected chi connectivity index (χ3v) is 3.52. The standard InChI is InChI=1S/C13H16F3N/c1-17(9-5-3-2-4-6-9)11-8-7-10(14)12(15)13(11)16/h7-9H,2-6H2,1H3. The summed E-state index contributed by atoms with van der Waals surface area (Å²) in [6, 6.07) is 2.51. The summed E-state index contributed by atoms with van der Waals surface area (Å²) in [5.74, 6) is -3.61. The quantitative estimate of drug-likeness (QED) is 0.713. The van der Waals surface area contributed by atoms with Crippen molar-refractivity contribution in [3.05, 3.63) is 29.6 Å². The van der Waals surface area contributed by atoms with Crippen LogP contribution in [0.1, 0.15) is 32.1 Å². The van der Waals surface area contributed by atoms with Gasteiger partial charge in [0.05, 0.1) is 5.69 Å². The van der Waals surface area contributed by atoms with Gasteiger partial charge in [-0.3, -0.25) is 0 Å². The second-order valence-electron chi connectivity index (χ2n) is 4.60. The SMILES string of the molecule is CN(c1ccc(F)c(F)c1F)C1CCCCC1. The first-order valence-corrected chi connectivity index (χ1v) is 5.97. The Labute approximate surface area is 99.2 Å². The molecular formula is C13H16F3N. The molecule has 0 amide bonds. The van der Waals surface area contributed by atoms with Crippen LogP contribution in [0.3, 0.4) is 0 Å². The Kier molecular flexibility index (Phi) is 3.60. The molecule has 1 aromatic rings. The van der Waals surface area contributed by atoms with Gasteiger partial charge in [-0.1, -0.05) is 19.3 Å². The zero-order valence-electron chi connectivity index (χ0n) is 9.85. The van der Waals surface area contributed by atoms with Crippen molar-refractivity contribution in [1.29, 1.82) is 0 Å². The Morgan fingerprint density at radius 3 is 2.29 bits per heavy atom. The van der Waals surface area contributed by atoms with Crippen LogP contribution < -0.4 is 4.90 Å². The van der Waals surface area contributed by atoms with E-state index in [2.05, 4.69) is 0 Å². The van der Waals surface area contributed by atoms with Gasteiger partial charge in [0.2, 0.25) is 0 Å². The molecule has 4 heteroatoms. The summed E-state index contributed by atoms with van der Waals surface area (Å²) in [6.45, 7) is 0. The second kappa shape index (κ2) is 4.98. The first-order valence-electron chi connectivity index (χ1n) is 5.97. The molecule has 0 N–H and O–H groups in total. The summed E-state index contributed by atoms with van der Waals surface area (Å²) in [4.78, 5) is 1.73. The Morgan fingerprint density at radius 2 is 1.65 bits per heavy atom. The largest absolute Gasteiger partial charge is 0.369 e. The Hall–Kier alpha value is -1.19. The van der Waals surface area contributed by atoms with Gasteiger partial charge in [0.1, 0.15) is 0 Å². The molecule has 1 aromatic carbocycles. The fraction of sp³-hybridized carbons (Fsp3) is 0.538. The molecule has 1 saturated carbocycles. The van der Waals surface area contributed by atoms with Crippen molar-refractivity contribution in [3.63, 3.8) is 0 Å². The predicted octanol–water partition coefficient (Wildman–Crippen LogP) is 3.87. The Bertz CT molecular complexity index is 400. The predicted molar refractivity (Wildman–Crippen MR) is 61.6 cm³/mol. The van der Waals surface area contributed by atoms with Crippen molar-refractivity contribution in [2.75, 3.05) is 11.9 Å². The molecule has 0 aromatic heterocycles. The molecule has 1 aliphatic rings. The van der Waals surface area contributed by atoms with Crippen molar-refractivity contribution in [2.45, 2.75) is 38.1 Å². The van der Waals surface area contributed by atoms with Crippen molar-refractivity contribution in [2.24, 2.45) is 0 Å². The van der Waals surface area contributed by atoms with Gasteiger partial charge in [0, 0.05) is 13.1 Å². The van der Waals surface area contributed by atoms with Gasteiger partial charge in [-0.15, -0.1) is 0 Å². The lowest BCUT2D eigenvalue weighted by atomic mass is 9.94. The van der Waals surface area contributed by atoms with E-state index in [0.29, 0.717) is 0 Å². The number of nitrogens with zero attached hydrogens (tertiary/aromatic N) is 1. The van der Waals surface area contributed by atoms with Crippen LogP contribution in [-0.4, -0.2) is 13.1 Å². The number of hydrogen-bond acceptors (Lipinski definition) is 1. The van der Waals surface area contributed by atoms with Crippen molar-refractivity contribution in [1.82, 2.24) is 0 Å². The number of anilines is 1. The van der Waals surface area contributed by atoms with Crippen LogP contribution in [0.2, 0.25) is 0 Å². The van der Waals surface area contributed by atoms with Gasteiger partial charge in [-0.05, 0) is 25.0 Å². The highest BCUT2D eigenvalue weighted by molar-refractivity contribution is 5.48. The Balaban J connectivity index is 2.24. The van der Waals surface area contributed by atoms with Crippen molar-refractivity contribution in [3.8, 4) is 0 Å². The average molecular weight is 243 g/mol. The van der Waals surface area contributed by atoms with E-state index in [1.807, 2.05) is 0 Å². The van der Waals surface area contributed by atoms with E-state index < -0.39 is 17.5 Å². The summed E-state index contributed by atoms with van der Waals surface area (Å²) in [5, 5.41) is 0.